The van der Waals surface area contributed by atoms with Gasteiger partial charge in [-0.05, 0) is 67.9 Å². The van der Waals surface area contributed by atoms with E-state index in [2.05, 4.69) is 17.6 Å². The number of nitrogens with zero attached hydrogens (tertiary/aromatic N) is 3. The van der Waals surface area contributed by atoms with Crippen LogP contribution >= 0.6 is 0 Å². The highest BCUT2D eigenvalue weighted by atomic mass is 19.1. The minimum atomic E-state index is -0.642. The third kappa shape index (κ3) is 9.38. The van der Waals surface area contributed by atoms with Gasteiger partial charge in [0.1, 0.15) is 17.5 Å². The summed E-state index contributed by atoms with van der Waals surface area (Å²) in [6.45, 7) is 4.67. The van der Waals surface area contributed by atoms with Gasteiger partial charge in [-0.25, -0.2) is 14.2 Å². The summed E-state index contributed by atoms with van der Waals surface area (Å²) < 4.78 is 26.8. The molecule has 248 valence electrons. The number of benzene rings is 3. The summed E-state index contributed by atoms with van der Waals surface area (Å²) in [7, 11) is 1.87. The summed E-state index contributed by atoms with van der Waals surface area (Å²) in [6.07, 6.45) is 3.27. The number of hydrogen-bond donors (Lipinski definition) is 3. The van der Waals surface area contributed by atoms with E-state index in [9.17, 15) is 18.8 Å². The summed E-state index contributed by atoms with van der Waals surface area (Å²) in [5.74, 6) is -0.860. The van der Waals surface area contributed by atoms with Crippen molar-refractivity contribution in [3.8, 4) is 0 Å². The molecule has 0 atom stereocenters. The molecule has 11 nitrogen and oxygen atoms in total. The van der Waals surface area contributed by atoms with E-state index in [1.54, 1.807) is 55.5 Å². The molecule has 3 N–H and O–H groups in total. The summed E-state index contributed by atoms with van der Waals surface area (Å²) in [6, 6.07) is 18.1. The number of fused-ring (bicyclic) bond motifs is 1. The van der Waals surface area contributed by atoms with Gasteiger partial charge in [-0.3, -0.25) is 20.3 Å². The third-order valence-corrected chi connectivity index (χ3v) is 7.54. The van der Waals surface area contributed by atoms with E-state index < -0.39 is 23.8 Å². The molecular formula is C35H41FN6O5. The molecule has 2 amide bonds. The van der Waals surface area contributed by atoms with E-state index in [0.717, 1.165) is 36.9 Å². The van der Waals surface area contributed by atoms with Crippen LogP contribution in [0.1, 0.15) is 67.7 Å². The number of hydrogen-bond acceptors (Lipinski definition) is 8. The van der Waals surface area contributed by atoms with Gasteiger partial charge in [0, 0.05) is 30.4 Å². The van der Waals surface area contributed by atoms with Crippen LogP contribution in [0.15, 0.2) is 66.7 Å². The molecule has 0 saturated heterocycles. The first kappa shape index (κ1) is 34.6. The Balaban J connectivity index is 1.40. The quantitative estimate of drug-likeness (QED) is 0.0577. The Morgan fingerprint density at radius 1 is 0.957 bits per heavy atom. The van der Waals surface area contributed by atoms with Gasteiger partial charge < -0.3 is 24.3 Å². The average molecular weight is 645 g/mol. The number of rotatable bonds is 15. The van der Waals surface area contributed by atoms with Crippen LogP contribution in [-0.4, -0.2) is 53.1 Å². The van der Waals surface area contributed by atoms with E-state index in [1.165, 1.54) is 23.1 Å². The molecule has 0 bridgehead atoms. The lowest BCUT2D eigenvalue weighted by Gasteiger charge is -2.23. The predicted octanol–water partition coefficient (Wildman–Crippen LogP) is 6.56. The monoisotopic (exact) mass is 644 g/mol. The number of aromatic nitrogens is 2. The molecule has 12 heteroatoms. The van der Waals surface area contributed by atoms with Gasteiger partial charge in [0.05, 0.1) is 42.9 Å². The predicted molar refractivity (Wildman–Crippen MR) is 179 cm³/mol. The smallest absolute Gasteiger partial charge is 0.412 e. The van der Waals surface area contributed by atoms with Crippen molar-refractivity contribution in [3.63, 3.8) is 0 Å². The summed E-state index contributed by atoms with van der Waals surface area (Å²) in [5.41, 5.74) is 3.07. The van der Waals surface area contributed by atoms with Crippen molar-refractivity contribution in [1.29, 1.82) is 5.41 Å². The number of esters is 1. The van der Waals surface area contributed by atoms with Crippen LogP contribution in [0, 0.1) is 11.2 Å². The lowest BCUT2D eigenvalue weighted by molar-refractivity contribution is -0.142. The number of alkyl carbamates (subject to hydrolysis) is 1. The van der Waals surface area contributed by atoms with Crippen molar-refractivity contribution >= 4 is 46.2 Å². The van der Waals surface area contributed by atoms with Gasteiger partial charge in [-0.2, -0.15) is 0 Å². The van der Waals surface area contributed by atoms with Crippen LogP contribution in [-0.2, 0) is 27.9 Å². The molecule has 1 heterocycles. The lowest BCUT2D eigenvalue weighted by Crippen LogP contribution is -2.34. The summed E-state index contributed by atoms with van der Waals surface area (Å²) in [5, 5.41) is 13.9. The largest absolute Gasteiger partial charge is 0.466 e. The van der Waals surface area contributed by atoms with E-state index in [4.69, 9.17) is 19.9 Å². The van der Waals surface area contributed by atoms with Crippen LogP contribution < -0.4 is 15.5 Å². The second-order valence-corrected chi connectivity index (χ2v) is 10.9. The number of carbonyl (C=O) groups is 3. The fourth-order valence-corrected chi connectivity index (χ4v) is 4.97. The number of carbonyl (C=O) groups excluding carboxylic acids is 3. The fraction of sp³-hybridized carbons (Fsp3) is 0.343. The Kier molecular flexibility index (Phi) is 12.4. The highest BCUT2D eigenvalue weighted by Crippen LogP contribution is 2.24. The van der Waals surface area contributed by atoms with Crippen molar-refractivity contribution in [2.24, 2.45) is 7.05 Å². The summed E-state index contributed by atoms with van der Waals surface area (Å²) in [4.78, 5) is 43.6. The van der Waals surface area contributed by atoms with E-state index in [0.29, 0.717) is 35.6 Å². The number of anilines is 2. The first-order valence-corrected chi connectivity index (χ1v) is 15.8. The zero-order valence-corrected chi connectivity index (χ0v) is 27.0. The molecule has 0 aliphatic rings. The maximum atomic E-state index is 14.7. The normalized spacial score (nSPS) is 10.8. The molecule has 0 saturated carbocycles. The topological polar surface area (TPSA) is 139 Å². The molecule has 3 aromatic carbocycles. The van der Waals surface area contributed by atoms with Crippen molar-refractivity contribution in [1.82, 2.24) is 14.9 Å². The van der Waals surface area contributed by atoms with Gasteiger partial charge in [0.2, 0.25) is 0 Å². The zero-order valence-electron chi connectivity index (χ0n) is 27.0. The molecule has 0 aliphatic carbocycles. The summed E-state index contributed by atoms with van der Waals surface area (Å²) >= 11 is 0. The second kappa shape index (κ2) is 16.9. The second-order valence-electron chi connectivity index (χ2n) is 10.9. The van der Waals surface area contributed by atoms with Crippen molar-refractivity contribution < 1.29 is 28.2 Å². The Hall–Kier alpha value is -5.26. The third-order valence-electron chi connectivity index (χ3n) is 7.54. The highest BCUT2D eigenvalue weighted by molar-refractivity contribution is 6.08. The van der Waals surface area contributed by atoms with E-state index in [1.807, 2.05) is 11.6 Å². The van der Waals surface area contributed by atoms with Crippen molar-refractivity contribution in [3.05, 3.63) is 89.5 Å². The van der Waals surface area contributed by atoms with Crippen LogP contribution in [0.5, 0.6) is 0 Å². The fourth-order valence-electron chi connectivity index (χ4n) is 4.97. The molecule has 0 spiro atoms. The molecule has 4 rings (SSSR count). The molecule has 0 aliphatic heterocycles. The molecule has 0 fully saturated rings. The highest BCUT2D eigenvalue weighted by Gasteiger charge is 2.23. The van der Waals surface area contributed by atoms with Crippen LogP contribution in [0.25, 0.3) is 11.0 Å². The molecule has 1 aromatic heterocycles. The first-order valence-electron chi connectivity index (χ1n) is 15.8. The van der Waals surface area contributed by atoms with Crippen LogP contribution in [0.2, 0.25) is 0 Å². The average Bonchev–Trinajstić information content (AvgIpc) is 3.38. The van der Waals surface area contributed by atoms with Gasteiger partial charge in [-0.1, -0.05) is 38.3 Å². The molecule has 0 radical (unpaired) electrons. The zero-order chi connectivity index (χ0) is 33.8. The Morgan fingerprint density at radius 3 is 2.43 bits per heavy atom. The van der Waals surface area contributed by atoms with Gasteiger partial charge in [0.25, 0.3) is 5.91 Å². The Morgan fingerprint density at radius 2 is 1.70 bits per heavy atom. The Labute approximate surface area is 273 Å². The SMILES string of the molecule is CCCCCCOC(=O)NC(=N)c1ccc(NCc2nc3cc(C(=O)N(CCC(=O)OCC)c4ccccc4F)ccc3n2C)cc1. The van der Waals surface area contributed by atoms with Crippen LogP contribution in [0.4, 0.5) is 20.6 Å². The van der Waals surface area contributed by atoms with Gasteiger partial charge in [0.15, 0.2) is 0 Å². The minimum Gasteiger partial charge on any atom is -0.466 e. The number of amidine groups is 1. The number of ether oxygens (including phenoxy) is 2. The lowest BCUT2D eigenvalue weighted by atomic mass is 10.1. The minimum absolute atomic E-state index is 0.0500. The van der Waals surface area contributed by atoms with Crippen molar-refractivity contribution in [2.75, 3.05) is 30.0 Å². The van der Waals surface area contributed by atoms with E-state index >= 15 is 0 Å². The van der Waals surface area contributed by atoms with Gasteiger partial charge in [-0.15, -0.1) is 0 Å². The maximum absolute atomic E-state index is 14.7. The molecule has 47 heavy (non-hydrogen) atoms. The Bertz CT molecular complexity index is 1700. The number of nitrogens with one attached hydrogen (secondary N) is 3. The van der Waals surface area contributed by atoms with Gasteiger partial charge >= 0.3 is 12.1 Å². The number of amides is 2. The first-order chi connectivity index (χ1) is 22.7. The van der Waals surface area contributed by atoms with Crippen LogP contribution in [0.3, 0.4) is 0 Å². The van der Waals surface area contributed by atoms with E-state index in [-0.39, 0.29) is 31.1 Å². The molecule has 0 unspecified atom stereocenters. The standard InChI is InChI=1S/C35H41FN6O5/c1-4-6-7-10-21-47-35(45)40-33(37)24-13-16-26(17-14-24)38-23-31-39-28-22-25(15-18-30(28)41(31)3)34(44)42(20-19-32(43)46-5-2)29-12-9-8-11-27(29)36/h8-9,11-18,22,38H,4-7,10,19-21,23H2,1-3H3,(H2,37,40,45). The number of imidazole rings is 1. The maximum Gasteiger partial charge on any atom is 0.412 e. The number of unbranched alkanes of at least 4 members (excludes halogenated alkanes) is 3. The number of para-hydroxylation sites is 1. The molecular weight excluding hydrogens is 603 g/mol. The van der Waals surface area contributed by atoms with Crippen molar-refractivity contribution in [2.45, 2.75) is 52.5 Å². The molecule has 4 aromatic rings. The number of aryl methyl sites for hydroxylation is 1. The number of halogens is 1.